The summed E-state index contributed by atoms with van der Waals surface area (Å²) in [6.07, 6.45) is 0.353. The van der Waals surface area contributed by atoms with Crippen molar-refractivity contribution in [1.82, 2.24) is 15.5 Å². The topological polar surface area (TPSA) is 111 Å². The highest BCUT2D eigenvalue weighted by molar-refractivity contribution is 7.91. The van der Waals surface area contributed by atoms with E-state index in [1.165, 1.54) is 6.92 Å². The summed E-state index contributed by atoms with van der Waals surface area (Å²) in [6, 6.07) is 17.6. The number of nitrogens with zero attached hydrogens (tertiary/aromatic N) is 2. The maximum absolute atomic E-state index is 12.4. The fourth-order valence-corrected chi connectivity index (χ4v) is 3.19. The van der Waals surface area contributed by atoms with Crippen LogP contribution in [0.2, 0.25) is 0 Å². The molecule has 0 fully saturated rings. The van der Waals surface area contributed by atoms with E-state index in [0.29, 0.717) is 12.2 Å². The number of sulfone groups is 1. The van der Waals surface area contributed by atoms with E-state index in [1.54, 1.807) is 24.3 Å². The molecule has 0 radical (unpaired) electrons. The van der Waals surface area contributed by atoms with Gasteiger partial charge in [-0.3, -0.25) is 4.79 Å². The third kappa shape index (κ3) is 5.64. The van der Waals surface area contributed by atoms with Gasteiger partial charge in [0.15, 0.2) is 6.61 Å². The van der Waals surface area contributed by atoms with Gasteiger partial charge in [0, 0.05) is 6.42 Å². The van der Waals surface area contributed by atoms with Gasteiger partial charge in [0.05, 0.1) is 5.75 Å². The lowest BCUT2D eigenvalue weighted by molar-refractivity contribution is -0.124. The normalized spacial score (nSPS) is 12.3. The summed E-state index contributed by atoms with van der Waals surface area (Å²) in [6.45, 7) is 1.28. The minimum atomic E-state index is -3.64. The second kappa shape index (κ2) is 9.33. The maximum atomic E-state index is 12.4. The van der Waals surface area contributed by atoms with Gasteiger partial charge in [0.2, 0.25) is 15.7 Å². The molecule has 3 aromatic rings. The summed E-state index contributed by atoms with van der Waals surface area (Å²) in [5.41, 5.74) is 0.917. The molecule has 0 bridgehead atoms. The van der Waals surface area contributed by atoms with Crippen molar-refractivity contribution in [3.8, 4) is 5.75 Å². The molecule has 1 atom stereocenters. The summed E-state index contributed by atoms with van der Waals surface area (Å²) in [4.78, 5) is 12.4. The second-order valence-corrected chi connectivity index (χ2v) is 8.38. The highest BCUT2D eigenvalue weighted by atomic mass is 32.2. The van der Waals surface area contributed by atoms with Crippen LogP contribution in [0.3, 0.4) is 0 Å². The average molecular weight is 415 g/mol. The van der Waals surface area contributed by atoms with Crippen molar-refractivity contribution in [2.45, 2.75) is 24.6 Å². The van der Waals surface area contributed by atoms with Crippen LogP contribution in [0.4, 0.5) is 0 Å². The lowest BCUT2D eigenvalue weighted by Crippen LogP contribution is -2.34. The fraction of sp³-hybridized carbons (Fsp3) is 0.250. The lowest BCUT2D eigenvalue weighted by Gasteiger charge is -2.16. The van der Waals surface area contributed by atoms with E-state index in [1.807, 2.05) is 36.4 Å². The zero-order chi connectivity index (χ0) is 20.7. The van der Waals surface area contributed by atoms with E-state index >= 15 is 0 Å². The van der Waals surface area contributed by atoms with Crippen molar-refractivity contribution in [3.63, 3.8) is 0 Å². The SMILES string of the molecule is CCS(=O)(=O)c1nnc([C@H](Cc2ccccc2)NC(=O)COc2ccccc2)o1. The van der Waals surface area contributed by atoms with Crippen LogP contribution in [-0.2, 0) is 21.1 Å². The van der Waals surface area contributed by atoms with E-state index < -0.39 is 27.0 Å². The number of para-hydroxylation sites is 1. The molecule has 152 valence electrons. The van der Waals surface area contributed by atoms with Gasteiger partial charge in [-0.15, -0.1) is 5.10 Å². The smallest absolute Gasteiger partial charge is 0.335 e. The molecule has 1 amide bonds. The molecule has 3 rings (SSSR count). The minimum Gasteiger partial charge on any atom is -0.484 e. The average Bonchev–Trinajstić information content (AvgIpc) is 3.25. The molecule has 0 aliphatic carbocycles. The number of amides is 1. The number of carbonyl (C=O) groups is 1. The highest BCUT2D eigenvalue weighted by Gasteiger charge is 2.26. The quantitative estimate of drug-likeness (QED) is 0.571. The molecule has 2 aromatic carbocycles. The molecule has 1 aromatic heterocycles. The van der Waals surface area contributed by atoms with Crippen molar-refractivity contribution in [2.75, 3.05) is 12.4 Å². The summed E-state index contributed by atoms with van der Waals surface area (Å²) < 4.78 is 34.8. The molecule has 0 aliphatic rings. The first-order valence-electron chi connectivity index (χ1n) is 9.05. The molecule has 0 unspecified atom stereocenters. The fourth-order valence-electron chi connectivity index (χ4n) is 2.56. The van der Waals surface area contributed by atoms with Crippen LogP contribution in [0, 0.1) is 0 Å². The van der Waals surface area contributed by atoms with Crippen LogP contribution in [0.15, 0.2) is 70.3 Å². The first kappa shape index (κ1) is 20.5. The Labute approximate surface area is 168 Å². The molecule has 0 saturated heterocycles. The standard InChI is InChI=1S/C20H21N3O5S/c1-2-29(25,26)20-23-22-19(28-20)17(13-15-9-5-3-6-10-15)21-18(24)14-27-16-11-7-4-8-12-16/h3-12,17H,2,13-14H2,1H3,(H,21,24)/t17-/m0/s1. The van der Waals surface area contributed by atoms with Crippen molar-refractivity contribution < 1.29 is 22.4 Å². The number of carbonyl (C=O) groups excluding carboxylic acids is 1. The Morgan fingerprint density at radius 3 is 2.38 bits per heavy atom. The van der Waals surface area contributed by atoms with E-state index in [2.05, 4.69) is 15.5 Å². The van der Waals surface area contributed by atoms with Gasteiger partial charge in [-0.25, -0.2) is 8.42 Å². The van der Waals surface area contributed by atoms with Crippen molar-refractivity contribution in [2.24, 2.45) is 0 Å². The van der Waals surface area contributed by atoms with Crippen molar-refractivity contribution in [1.29, 1.82) is 0 Å². The molecule has 1 N–H and O–H groups in total. The lowest BCUT2D eigenvalue weighted by atomic mass is 10.1. The first-order chi connectivity index (χ1) is 14.0. The molecule has 8 nitrogen and oxygen atoms in total. The second-order valence-electron chi connectivity index (χ2n) is 6.22. The summed E-state index contributed by atoms with van der Waals surface area (Å²) >= 11 is 0. The number of benzene rings is 2. The van der Waals surface area contributed by atoms with Gasteiger partial charge < -0.3 is 14.5 Å². The number of aromatic nitrogens is 2. The molecular weight excluding hydrogens is 394 g/mol. The largest absolute Gasteiger partial charge is 0.484 e. The Morgan fingerprint density at radius 2 is 1.72 bits per heavy atom. The zero-order valence-electron chi connectivity index (χ0n) is 15.8. The monoisotopic (exact) mass is 415 g/mol. The van der Waals surface area contributed by atoms with Gasteiger partial charge in [0.1, 0.15) is 11.8 Å². The summed E-state index contributed by atoms with van der Waals surface area (Å²) in [5, 5.41) is 9.81. The minimum absolute atomic E-state index is 0.0222. The first-order valence-corrected chi connectivity index (χ1v) is 10.7. The number of hydrogen-bond acceptors (Lipinski definition) is 7. The van der Waals surface area contributed by atoms with Crippen LogP contribution >= 0.6 is 0 Å². The Bertz CT molecular complexity index is 1040. The third-order valence-electron chi connectivity index (χ3n) is 4.10. The van der Waals surface area contributed by atoms with Gasteiger partial charge in [-0.1, -0.05) is 60.6 Å². The van der Waals surface area contributed by atoms with E-state index in [9.17, 15) is 13.2 Å². The Hall–Kier alpha value is -3.20. The molecular formula is C20H21N3O5S. The predicted octanol–water partition coefficient (Wildman–Crippen LogP) is 2.34. The third-order valence-corrected chi connectivity index (χ3v) is 5.55. The number of hydrogen-bond donors (Lipinski definition) is 1. The van der Waals surface area contributed by atoms with Crippen LogP contribution < -0.4 is 10.1 Å². The van der Waals surface area contributed by atoms with Crippen LogP contribution in [0.1, 0.15) is 24.4 Å². The van der Waals surface area contributed by atoms with Gasteiger partial charge >= 0.3 is 5.22 Å². The van der Waals surface area contributed by atoms with Gasteiger partial charge in [0.25, 0.3) is 5.91 Å². The predicted molar refractivity (Wildman–Crippen MR) is 105 cm³/mol. The molecule has 1 heterocycles. The van der Waals surface area contributed by atoms with E-state index in [4.69, 9.17) is 9.15 Å². The molecule has 29 heavy (non-hydrogen) atoms. The summed E-state index contributed by atoms with van der Waals surface area (Å²) in [7, 11) is -3.64. The van der Waals surface area contributed by atoms with Crippen LogP contribution in [-0.4, -0.2) is 36.9 Å². The number of ether oxygens (including phenoxy) is 1. The van der Waals surface area contributed by atoms with E-state index in [0.717, 1.165) is 5.56 Å². The number of nitrogens with one attached hydrogen (secondary N) is 1. The highest BCUT2D eigenvalue weighted by Crippen LogP contribution is 2.20. The molecule has 9 heteroatoms. The molecule has 0 saturated carbocycles. The molecule has 0 spiro atoms. The summed E-state index contributed by atoms with van der Waals surface area (Å²) in [5.74, 6) is 0.0353. The van der Waals surface area contributed by atoms with Crippen molar-refractivity contribution in [3.05, 3.63) is 72.1 Å². The zero-order valence-corrected chi connectivity index (χ0v) is 16.6. The maximum Gasteiger partial charge on any atom is 0.335 e. The van der Waals surface area contributed by atoms with Gasteiger partial charge in [-0.05, 0) is 17.7 Å². The Kier molecular flexibility index (Phi) is 6.61. The van der Waals surface area contributed by atoms with Crippen LogP contribution in [0.5, 0.6) is 5.75 Å². The molecule has 0 aliphatic heterocycles. The van der Waals surface area contributed by atoms with Crippen molar-refractivity contribution >= 4 is 15.7 Å². The Balaban J connectivity index is 1.75. The number of rotatable bonds is 9. The van der Waals surface area contributed by atoms with Gasteiger partial charge in [-0.2, -0.15) is 0 Å². The Morgan fingerprint density at radius 1 is 1.07 bits per heavy atom. The van der Waals surface area contributed by atoms with E-state index in [-0.39, 0.29) is 18.3 Å². The van der Waals surface area contributed by atoms with Crippen LogP contribution in [0.25, 0.3) is 0 Å².